The van der Waals surface area contributed by atoms with Gasteiger partial charge in [-0.2, -0.15) is 4.98 Å². The number of nitrogens with one attached hydrogen (secondary N) is 1. The maximum atomic E-state index is 6.07. The summed E-state index contributed by atoms with van der Waals surface area (Å²) in [5.74, 6) is 2.27. The van der Waals surface area contributed by atoms with E-state index in [0.29, 0.717) is 6.61 Å². The molecule has 0 aliphatic heterocycles. The molecule has 1 aromatic rings. The van der Waals surface area contributed by atoms with Gasteiger partial charge in [0.05, 0.1) is 0 Å². The largest absolute Gasteiger partial charge is 0.367 e. The number of nitrogens with zero attached hydrogens (tertiary/aromatic N) is 2. The van der Waals surface area contributed by atoms with E-state index in [1.807, 2.05) is 6.92 Å². The second kappa shape index (κ2) is 6.44. The third-order valence-corrected chi connectivity index (χ3v) is 4.73. The lowest BCUT2D eigenvalue weighted by Crippen LogP contribution is -2.35. The lowest BCUT2D eigenvalue weighted by Gasteiger charge is -2.36. The van der Waals surface area contributed by atoms with Gasteiger partial charge >= 0.3 is 0 Å². The second-order valence-electron chi connectivity index (χ2n) is 6.60. The van der Waals surface area contributed by atoms with Crippen molar-refractivity contribution in [1.82, 2.24) is 15.5 Å². The lowest BCUT2D eigenvalue weighted by molar-refractivity contribution is -0.0847. The maximum Gasteiger partial charge on any atom is 0.228 e. The zero-order valence-corrected chi connectivity index (χ0v) is 13.2. The zero-order valence-electron chi connectivity index (χ0n) is 13.2. The van der Waals surface area contributed by atoms with E-state index in [4.69, 9.17) is 9.26 Å². The van der Waals surface area contributed by atoms with Gasteiger partial charge in [0.2, 0.25) is 11.7 Å². The molecule has 2 fully saturated rings. The average molecular weight is 293 g/mol. The molecule has 0 bridgehead atoms. The average Bonchev–Trinajstić information content (AvgIpc) is 3.18. The SMILES string of the molecule is CCOC1(c2noc(CCNC3CC3)n2)CCC(C)CC1. The molecule has 0 unspecified atom stereocenters. The van der Waals surface area contributed by atoms with Crippen LogP contribution in [0.2, 0.25) is 0 Å². The standard InChI is InChI=1S/C16H27N3O2/c1-3-20-16(9-6-12(2)7-10-16)15-18-14(21-19-15)8-11-17-13-4-5-13/h12-13,17H,3-11H2,1-2H3. The third kappa shape index (κ3) is 3.64. The molecular formula is C16H27N3O2. The first-order valence-electron chi connectivity index (χ1n) is 8.42. The first-order chi connectivity index (χ1) is 10.2. The van der Waals surface area contributed by atoms with Crippen molar-refractivity contribution in [3.63, 3.8) is 0 Å². The van der Waals surface area contributed by atoms with Crippen molar-refractivity contribution in [2.24, 2.45) is 5.92 Å². The predicted octanol–water partition coefficient (Wildman–Crippen LogP) is 2.81. The summed E-state index contributed by atoms with van der Waals surface area (Å²) in [4.78, 5) is 4.62. The summed E-state index contributed by atoms with van der Waals surface area (Å²) in [5.41, 5.74) is -0.313. The van der Waals surface area contributed by atoms with Crippen molar-refractivity contribution in [1.29, 1.82) is 0 Å². The fourth-order valence-electron chi connectivity index (χ4n) is 3.15. The fourth-order valence-corrected chi connectivity index (χ4v) is 3.15. The molecule has 1 N–H and O–H groups in total. The minimum atomic E-state index is -0.313. The smallest absolute Gasteiger partial charge is 0.228 e. The summed E-state index contributed by atoms with van der Waals surface area (Å²) in [7, 11) is 0. The third-order valence-electron chi connectivity index (χ3n) is 4.73. The first kappa shape index (κ1) is 15.0. The number of aromatic nitrogens is 2. The van der Waals surface area contributed by atoms with Crippen LogP contribution >= 0.6 is 0 Å². The molecular weight excluding hydrogens is 266 g/mol. The second-order valence-corrected chi connectivity index (χ2v) is 6.60. The van der Waals surface area contributed by atoms with Crippen LogP contribution < -0.4 is 5.32 Å². The molecule has 5 nitrogen and oxygen atoms in total. The van der Waals surface area contributed by atoms with E-state index < -0.39 is 0 Å². The quantitative estimate of drug-likeness (QED) is 0.837. The molecule has 0 amide bonds. The van der Waals surface area contributed by atoms with Gasteiger partial charge in [-0.1, -0.05) is 12.1 Å². The highest BCUT2D eigenvalue weighted by Gasteiger charge is 2.40. The van der Waals surface area contributed by atoms with E-state index in [2.05, 4.69) is 22.4 Å². The molecule has 1 aromatic heterocycles. The Morgan fingerprint density at radius 3 is 2.71 bits per heavy atom. The summed E-state index contributed by atoms with van der Waals surface area (Å²) in [6, 6.07) is 0.724. The summed E-state index contributed by atoms with van der Waals surface area (Å²) < 4.78 is 11.5. The van der Waals surface area contributed by atoms with Crippen LogP contribution in [0.1, 0.15) is 64.1 Å². The van der Waals surface area contributed by atoms with Crippen molar-refractivity contribution >= 4 is 0 Å². The van der Waals surface area contributed by atoms with Gasteiger partial charge in [0, 0.05) is 25.6 Å². The molecule has 21 heavy (non-hydrogen) atoms. The van der Waals surface area contributed by atoms with Gasteiger partial charge in [-0.15, -0.1) is 0 Å². The van der Waals surface area contributed by atoms with E-state index in [-0.39, 0.29) is 5.60 Å². The number of hydrogen-bond acceptors (Lipinski definition) is 5. The number of rotatable bonds is 7. The maximum absolute atomic E-state index is 6.07. The number of hydrogen-bond donors (Lipinski definition) is 1. The lowest BCUT2D eigenvalue weighted by atomic mass is 9.79. The fraction of sp³-hybridized carbons (Fsp3) is 0.875. The van der Waals surface area contributed by atoms with E-state index >= 15 is 0 Å². The van der Waals surface area contributed by atoms with Crippen LogP contribution in [0.5, 0.6) is 0 Å². The molecule has 0 atom stereocenters. The molecule has 0 radical (unpaired) electrons. The Balaban J connectivity index is 1.63. The van der Waals surface area contributed by atoms with Crippen LogP contribution in [0.3, 0.4) is 0 Å². The van der Waals surface area contributed by atoms with Crippen LogP contribution in [0.25, 0.3) is 0 Å². The van der Waals surface area contributed by atoms with Crippen LogP contribution in [0, 0.1) is 5.92 Å². The molecule has 0 aromatic carbocycles. The van der Waals surface area contributed by atoms with Crippen LogP contribution in [0.15, 0.2) is 4.52 Å². The van der Waals surface area contributed by atoms with E-state index in [1.54, 1.807) is 0 Å². The summed E-state index contributed by atoms with van der Waals surface area (Å²) in [6.45, 7) is 5.97. The highest BCUT2D eigenvalue weighted by molar-refractivity contribution is 5.04. The Morgan fingerprint density at radius 1 is 1.29 bits per heavy atom. The highest BCUT2D eigenvalue weighted by atomic mass is 16.5. The summed E-state index contributed by atoms with van der Waals surface area (Å²) >= 11 is 0. The minimum Gasteiger partial charge on any atom is -0.367 e. The highest BCUT2D eigenvalue weighted by Crippen LogP contribution is 2.41. The van der Waals surface area contributed by atoms with Gasteiger partial charge in [0.15, 0.2) is 0 Å². The van der Waals surface area contributed by atoms with Gasteiger partial charge in [-0.3, -0.25) is 0 Å². The van der Waals surface area contributed by atoms with Crippen molar-refractivity contribution in [2.45, 2.75) is 70.4 Å². The van der Waals surface area contributed by atoms with E-state index in [0.717, 1.165) is 49.5 Å². The van der Waals surface area contributed by atoms with Crippen molar-refractivity contribution in [3.05, 3.63) is 11.7 Å². The van der Waals surface area contributed by atoms with Gasteiger partial charge < -0.3 is 14.6 Å². The molecule has 0 saturated heterocycles. The van der Waals surface area contributed by atoms with Crippen LogP contribution in [-0.4, -0.2) is 29.3 Å². The minimum absolute atomic E-state index is 0.313. The van der Waals surface area contributed by atoms with Gasteiger partial charge in [-0.25, -0.2) is 0 Å². The molecule has 3 rings (SSSR count). The summed E-state index contributed by atoms with van der Waals surface area (Å²) in [5, 5.41) is 7.71. The molecule has 2 saturated carbocycles. The first-order valence-corrected chi connectivity index (χ1v) is 8.42. The molecule has 1 heterocycles. The van der Waals surface area contributed by atoms with Gasteiger partial charge in [0.25, 0.3) is 0 Å². The normalized spacial score (nSPS) is 29.7. The Hall–Kier alpha value is -0.940. The van der Waals surface area contributed by atoms with Crippen molar-refractivity contribution in [3.8, 4) is 0 Å². The Bertz CT molecular complexity index is 448. The predicted molar refractivity (Wildman–Crippen MR) is 80.0 cm³/mol. The van der Waals surface area contributed by atoms with Crippen molar-refractivity contribution in [2.75, 3.05) is 13.2 Å². The Kier molecular flexibility index (Phi) is 4.60. The Morgan fingerprint density at radius 2 is 2.05 bits per heavy atom. The molecule has 2 aliphatic rings. The zero-order chi connectivity index (χ0) is 14.7. The monoisotopic (exact) mass is 293 g/mol. The van der Waals surface area contributed by atoms with Gasteiger partial charge in [-0.05, 0) is 51.4 Å². The molecule has 2 aliphatic carbocycles. The van der Waals surface area contributed by atoms with E-state index in [9.17, 15) is 0 Å². The molecule has 0 spiro atoms. The number of ether oxygens (including phenoxy) is 1. The van der Waals surface area contributed by atoms with Crippen LogP contribution in [-0.2, 0) is 16.8 Å². The molecule has 118 valence electrons. The van der Waals surface area contributed by atoms with Gasteiger partial charge in [0.1, 0.15) is 5.60 Å². The Labute approximate surface area is 126 Å². The molecule has 5 heteroatoms. The summed E-state index contributed by atoms with van der Waals surface area (Å²) in [6.07, 6.45) is 7.77. The van der Waals surface area contributed by atoms with Crippen molar-refractivity contribution < 1.29 is 9.26 Å². The van der Waals surface area contributed by atoms with E-state index in [1.165, 1.54) is 25.7 Å². The topological polar surface area (TPSA) is 60.2 Å². The van der Waals surface area contributed by atoms with Crippen LogP contribution in [0.4, 0.5) is 0 Å².